The molecule has 1 aromatic heterocycles. The summed E-state index contributed by atoms with van der Waals surface area (Å²) < 4.78 is 0. The first kappa shape index (κ1) is 13.0. The van der Waals surface area contributed by atoms with E-state index in [0.717, 1.165) is 13.1 Å². The molecule has 1 aromatic carbocycles. The summed E-state index contributed by atoms with van der Waals surface area (Å²) in [6, 6.07) is 13.4. The third-order valence-corrected chi connectivity index (χ3v) is 3.91. The van der Waals surface area contributed by atoms with Gasteiger partial charge in [0.05, 0.1) is 0 Å². The van der Waals surface area contributed by atoms with Gasteiger partial charge in [-0.25, -0.2) is 0 Å². The number of rotatable bonds is 3. The third kappa shape index (κ3) is 3.10. The highest BCUT2D eigenvalue weighted by atomic mass is 15.1. The van der Waals surface area contributed by atoms with Crippen LogP contribution in [0.2, 0.25) is 0 Å². The lowest BCUT2D eigenvalue weighted by molar-refractivity contribution is 0.526. The molecule has 0 aliphatic carbocycles. The van der Waals surface area contributed by atoms with Crippen molar-refractivity contribution in [3.63, 3.8) is 0 Å². The van der Waals surface area contributed by atoms with Crippen LogP contribution in [0.15, 0.2) is 48.8 Å². The van der Waals surface area contributed by atoms with E-state index in [-0.39, 0.29) is 0 Å². The average molecular weight is 267 g/mol. The van der Waals surface area contributed by atoms with Crippen LogP contribution in [0.1, 0.15) is 18.4 Å². The molecule has 1 fully saturated rings. The van der Waals surface area contributed by atoms with Crippen molar-refractivity contribution in [2.75, 3.05) is 23.3 Å². The molecule has 104 valence electrons. The Balaban J connectivity index is 1.56. The Labute approximate surface area is 120 Å². The largest absolute Gasteiger partial charge is 0.382 e. The van der Waals surface area contributed by atoms with Crippen molar-refractivity contribution in [3.05, 3.63) is 54.4 Å². The molecule has 0 spiro atoms. The molecule has 3 rings (SSSR count). The second-order valence-electron chi connectivity index (χ2n) is 5.48. The molecule has 3 heteroatoms. The number of nitrogens with zero attached hydrogens (tertiary/aromatic N) is 2. The molecule has 0 amide bonds. The summed E-state index contributed by atoms with van der Waals surface area (Å²) in [5, 5.41) is 3.65. The van der Waals surface area contributed by atoms with Crippen molar-refractivity contribution in [3.8, 4) is 0 Å². The number of hydrogen-bond donors (Lipinski definition) is 1. The number of piperidine rings is 1. The lowest BCUT2D eigenvalue weighted by atomic mass is 10.0. The normalized spacial score (nSPS) is 16.1. The van der Waals surface area contributed by atoms with Crippen molar-refractivity contribution < 1.29 is 0 Å². The van der Waals surface area contributed by atoms with Gasteiger partial charge in [0, 0.05) is 42.9 Å². The minimum atomic E-state index is 0.579. The molecule has 0 saturated carbocycles. The van der Waals surface area contributed by atoms with Crippen LogP contribution in [0.3, 0.4) is 0 Å². The molecule has 1 aliphatic rings. The first-order valence-electron chi connectivity index (χ1n) is 7.29. The quantitative estimate of drug-likeness (QED) is 0.923. The molecule has 0 radical (unpaired) electrons. The maximum absolute atomic E-state index is 4.08. The second kappa shape index (κ2) is 5.95. The first-order chi connectivity index (χ1) is 9.81. The molecule has 1 saturated heterocycles. The molecule has 1 aliphatic heterocycles. The maximum atomic E-state index is 4.08. The SMILES string of the molecule is Cc1cccc(NC2CCN(c3ccncc3)CC2)c1. The van der Waals surface area contributed by atoms with E-state index in [0.29, 0.717) is 6.04 Å². The summed E-state index contributed by atoms with van der Waals surface area (Å²) >= 11 is 0. The highest BCUT2D eigenvalue weighted by Gasteiger charge is 2.19. The average Bonchev–Trinajstić information content (AvgIpc) is 2.49. The number of pyridine rings is 1. The van der Waals surface area contributed by atoms with E-state index in [1.807, 2.05) is 12.4 Å². The fourth-order valence-electron chi connectivity index (χ4n) is 2.81. The predicted molar refractivity (Wildman–Crippen MR) is 84.3 cm³/mol. The summed E-state index contributed by atoms with van der Waals surface area (Å²) in [6.07, 6.45) is 6.09. The Bertz CT molecular complexity index is 545. The molecular formula is C17H21N3. The number of anilines is 2. The van der Waals surface area contributed by atoms with Crippen molar-refractivity contribution in [2.24, 2.45) is 0 Å². The molecule has 20 heavy (non-hydrogen) atoms. The molecule has 0 atom stereocenters. The van der Waals surface area contributed by atoms with Crippen LogP contribution in [0.25, 0.3) is 0 Å². The Hall–Kier alpha value is -2.03. The molecule has 3 nitrogen and oxygen atoms in total. The minimum Gasteiger partial charge on any atom is -0.382 e. The number of nitrogens with one attached hydrogen (secondary N) is 1. The second-order valence-corrected chi connectivity index (χ2v) is 5.48. The van der Waals surface area contributed by atoms with Gasteiger partial charge in [0.25, 0.3) is 0 Å². The predicted octanol–water partition coefficient (Wildman–Crippen LogP) is 3.47. The monoisotopic (exact) mass is 267 g/mol. The molecule has 2 heterocycles. The fourth-order valence-corrected chi connectivity index (χ4v) is 2.81. The zero-order valence-corrected chi connectivity index (χ0v) is 11.9. The van der Waals surface area contributed by atoms with Gasteiger partial charge in [-0.15, -0.1) is 0 Å². The molecule has 0 unspecified atom stereocenters. The van der Waals surface area contributed by atoms with Gasteiger partial charge >= 0.3 is 0 Å². The van der Waals surface area contributed by atoms with E-state index < -0.39 is 0 Å². The Kier molecular flexibility index (Phi) is 3.86. The number of hydrogen-bond acceptors (Lipinski definition) is 3. The number of aryl methyl sites for hydroxylation is 1. The lowest BCUT2D eigenvalue weighted by Crippen LogP contribution is -2.39. The Morgan fingerprint density at radius 3 is 2.55 bits per heavy atom. The van der Waals surface area contributed by atoms with Gasteiger partial charge in [-0.1, -0.05) is 12.1 Å². The standard InChI is InChI=1S/C17H21N3/c1-14-3-2-4-16(13-14)19-15-7-11-20(12-8-15)17-5-9-18-10-6-17/h2-6,9-10,13,15,19H,7-8,11-12H2,1H3. The molecule has 2 aromatic rings. The van der Waals surface area contributed by atoms with Crippen LogP contribution in [-0.4, -0.2) is 24.1 Å². The molecular weight excluding hydrogens is 246 g/mol. The van der Waals surface area contributed by atoms with Crippen LogP contribution in [0, 0.1) is 6.92 Å². The first-order valence-corrected chi connectivity index (χ1v) is 7.29. The van der Waals surface area contributed by atoms with E-state index in [1.165, 1.54) is 29.8 Å². The van der Waals surface area contributed by atoms with Gasteiger partial charge in [-0.3, -0.25) is 4.98 Å². The van der Waals surface area contributed by atoms with Crippen LogP contribution in [0.5, 0.6) is 0 Å². The van der Waals surface area contributed by atoms with Gasteiger partial charge in [0.15, 0.2) is 0 Å². The van der Waals surface area contributed by atoms with Crippen LogP contribution >= 0.6 is 0 Å². The van der Waals surface area contributed by atoms with Crippen molar-refractivity contribution in [2.45, 2.75) is 25.8 Å². The van der Waals surface area contributed by atoms with Gasteiger partial charge in [0.2, 0.25) is 0 Å². The Morgan fingerprint density at radius 1 is 1.10 bits per heavy atom. The van der Waals surface area contributed by atoms with Gasteiger partial charge in [-0.05, 0) is 49.6 Å². The molecule has 0 bridgehead atoms. The number of benzene rings is 1. The van der Waals surface area contributed by atoms with E-state index in [9.17, 15) is 0 Å². The van der Waals surface area contributed by atoms with Crippen molar-refractivity contribution >= 4 is 11.4 Å². The van der Waals surface area contributed by atoms with Crippen molar-refractivity contribution in [1.82, 2.24) is 4.98 Å². The van der Waals surface area contributed by atoms with Crippen molar-refractivity contribution in [1.29, 1.82) is 0 Å². The van der Waals surface area contributed by atoms with E-state index in [2.05, 4.69) is 58.5 Å². The van der Waals surface area contributed by atoms with E-state index >= 15 is 0 Å². The summed E-state index contributed by atoms with van der Waals surface area (Å²) in [7, 11) is 0. The zero-order valence-electron chi connectivity index (χ0n) is 11.9. The Morgan fingerprint density at radius 2 is 1.85 bits per heavy atom. The zero-order chi connectivity index (χ0) is 13.8. The van der Waals surface area contributed by atoms with E-state index in [1.54, 1.807) is 0 Å². The number of aromatic nitrogens is 1. The van der Waals surface area contributed by atoms with Crippen LogP contribution in [0.4, 0.5) is 11.4 Å². The van der Waals surface area contributed by atoms with E-state index in [4.69, 9.17) is 0 Å². The van der Waals surface area contributed by atoms with Crippen LogP contribution in [-0.2, 0) is 0 Å². The lowest BCUT2D eigenvalue weighted by Gasteiger charge is -2.34. The summed E-state index contributed by atoms with van der Waals surface area (Å²) in [4.78, 5) is 6.52. The smallest absolute Gasteiger partial charge is 0.0397 e. The summed E-state index contributed by atoms with van der Waals surface area (Å²) in [5.41, 5.74) is 3.84. The maximum Gasteiger partial charge on any atom is 0.0397 e. The summed E-state index contributed by atoms with van der Waals surface area (Å²) in [6.45, 7) is 4.35. The van der Waals surface area contributed by atoms with Crippen LogP contribution < -0.4 is 10.2 Å². The van der Waals surface area contributed by atoms with Gasteiger partial charge in [0.1, 0.15) is 0 Å². The topological polar surface area (TPSA) is 28.2 Å². The van der Waals surface area contributed by atoms with Gasteiger partial charge < -0.3 is 10.2 Å². The fraction of sp³-hybridized carbons (Fsp3) is 0.353. The highest BCUT2D eigenvalue weighted by molar-refractivity contribution is 5.48. The van der Waals surface area contributed by atoms with Gasteiger partial charge in [-0.2, -0.15) is 0 Å². The highest BCUT2D eigenvalue weighted by Crippen LogP contribution is 2.21. The minimum absolute atomic E-state index is 0.579. The molecule has 1 N–H and O–H groups in total. The summed E-state index contributed by atoms with van der Waals surface area (Å²) in [5.74, 6) is 0. The third-order valence-electron chi connectivity index (χ3n) is 3.91.